The van der Waals surface area contributed by atoms with Gasteiger partial charge in [-0.15, -0.1) is 0 Å². The summed E-state index contributed by atoms with van der Waals surface area (Å²) >= 11 is 0. The maximum absolute atomic E-state index is 8.25. The van der Waals surface area contributed by atoms with Crippen molar-refractivity contribution in [3.05, 3.63) is 0 Å². The van der Waals surface area contributed by atoms with Gasteiger partial charge in [-0.25, -0.2) is 0 Å². The van der Waals surface area contributed by atoms with Gasteiger partial charge in [-0.05, 0) is 6.42 Å². The van der Waals surface area contributed by atoms with E-state index >= 15 is 0 Å². The van der Waals surface area contributed by atoms with Crippen molar-refractivity contribution in [2.45, 2.75) is 25.3 Å². The Morgan fingerprint density at radius 2 is 2.43 bits per heavy atom. The zero-order chi connectivity index (χ0) is 5.70. The van der Waals surface area contributed by atoms with Gasteiger partial charge in [0.2, 0.25) is 0 Å². The third-order valence-electron chi connectivity index (χ3n) is 0.942. The summed E-state index contributed by atoms with van der Waals surface area (Å²) in [4.78, 5) is 0. The van der Waals surface area contributed by atoms with E-state index in [0.29, 0.717) is 5.54 Å². The van der Waals surface area contributed by atoms with Crippen molar-refractivity contribution in [2.75, 3.05) is 0 Å². The van der Waals surface area contributed by atoms with E-state index in [2.05, 4.69) is 13.0 Å². The van der Waals surface area contributed by atoms with Crippen molar-refractivity contribution in [3.63, 3.8) is 0 Å². The summed E-state index contributed by atoms with van der Waals surface area (Å²) in [5.74, 6) is 0. The second-order valence-corrected chi connectivity index (χ2v) is 3.21. The molecular weight excluding hydrogens is 102 g/mol. The second kappa shape index (κ2) is 3.88. The summed E-state index contributed by atoms with van der Waals surface area (Å²) in [6.07, 6.45) is 2.25. The first-order valence-electron chi connectivity index (χ1n) is 2.70. The number of nitriles is 1. The van der Waals surface area contributed by atoms with E-state index in [1.807, 2.05) is 0 Å². The Labute approximate surface area is 47.8 Å². The molecule has 0 saturated heterocycles. The minimum atomic E-state index is 0.394. The van der Waals surface area contributed by atoms with Crippen LogP contribution in [0.15, 0.2) is 0 Å². The summed E-state index contributed by atoms with van der Waals surface area (Å²) in [5, 5.41) is 8.25. The van der Waals surface area contributed by atoms with Crippen LogP contribution in [0.5, 0.6) is 0 Å². The van der Waals surface area contributed by atoms with Gasteiger partial charge in [-0.1, -0.05) is 13.3 Å². The molecule has 0 rings (SSSR count). The molecule has 0 N–H and O–H groups in total. The van der Waals surface area contributed by atoms with Crippen molar-refractivity contribution in [1.82, 2.24) is 0 Å². The Hall–Kier alpha value is -0.293. The third-order valence-corrected chi connectivity index (χ3v) is 1.78. The van der Waals surface area contributed by atoms with E-state index in [9.17, 15) is 0 Å². The molecule has 0 aliphatic carbocycles. The summed E-state index contributed by atoms with van der Waals surface area (Å²) < 4.78 is 0. The van der Waals surface area contributed by atoms with Gasteiger partial charge in [0.05, 0.1) is 6.07 Å². The molecule has 1 unspecified atom stereocenters. The Bertz CT molecular complexity index is 74.6. The normalized spacial score (nSPS) is 13.1. The van der Waals surface area contributed by atoms with Crippen molar-refractivity contribution in [3.8, 4) is 6.07 Å². The maximum Gasteiger partial charge on any atom is 0.0613 e. The van der Waals surface area contributed by atoms with Crippen LogP contribution in [-0.2, 0) is 0 Å². The highest BCUT2D eigenvalue weighted by atomic mass is 28.1. The van der Waals surface area contributed by atoms with Crippen LogP contribution in [0.4, 0.5) is 0 Å². The van der Waals surface area contributed by atoms with Crippen LogP contribution in [0.25, 0.3) is 0 Å². The van der Waals surface area contributed by atoms with Crippen LogP contribution < -0.4 is 0 Å². The fraction of sp³-hybridized carbons (Fsp3) is 0.800. The topological polar surface area (TPSA) is 23.8 Å². The zero-order valence-corrected chi connectivity index (χ0v) is 6.94. The second-order valence-electron chi connectivity index (χ2n) is 1.82. The Morgan fingerprint density at radius 3 is 2.57 bits per heavy atom. The van der Waals surface area contributed by atoms with Gasteiger partial charge in [0, 0.05) is 15.8 Å². The largest absolute Gasteiger partial charge is 0.198 e. The molecule has 0 saturated carbocycles. The average molecular weight is 113 g/mol. The standard InChI is InChI=1S/C5H11NSi/c1-2-3-5(7)4-6/h5H,2-3H2,1,7H3. The Kier molecular flexibility index (Phi) is 3.72. The molecule has 0 fully saturated rings. The minimum Gasteiger partial charge on any atom is -0.198 e. The molecule has 2 heteroatoms. The van der Waals surface area contributed by atoms with Crippen LogP contribution >= 0.6 is 0 Å². The van der Waals surface area contributed by atoms with E-state index in [4.69, 9.17) is 5.26 Å². The SMILES string of the molecule is CCCC([SiH3])C#N. The molecule has 0 spiro atoms. The lowest BCUT2D eigenvalue weighted by atomic mass is 10.3. The van der Waals surface area contributed by atoms with Crippen molar-refractivity contribution >= 4 is 10.2 Å². The monoisotopic (exact) mass is 113 g/mol. The fourth-order valence-corrected chi connectivity index (χ4v) is 1.07. The molecule has 0 aromatic heterocycles. The van der Waals surface area contributed by atoms with Crippen LogP contribution in [0.2, 0.25) is 5.54 Å². The molecule has 7 heavy (non-hydrogen) atoms. The molecule has 0 aliphatic heterocycles. The first kappa shape index (κ1) is 6.71. The van der Waals surface area contributed by atoms with Crippen molar-refractivity contribution < 1.29 is 0 Å². The number of hydrogen-bond donors (Lipinski definition) is 0. The van der Waals surface area contributed by atoms with E-state index < -0.39 is 0 Å². The first-order chi connectivity index (χ1) is 3.31. The molecule has 0 bridgehead atoms. The lowest BCUT2D eigenvalue weighted by molar-refractivity contribution is 0.819. The van der Waals surface area contributed by atoms with Gasteiger partial charge >= 0.3 is 0 Å². The van der Waals surface area contributed by atoms with E-state index in [1.54, 1.807) is 0 Å². The summed E-state index contributed by atoms with van der Waals surface area (Å²) in [5.41, 5.74) is 0.394. The van der Waals surface area contributed by atoms with E-state index in [0.717, 1.165) is 23.1 Å². The highest BCUT2D eigenvalue weighted by molar-refractivity contribution is 6.13. The molecular formula is C5H11NSi. The van der Waals surface area contributed by atoms with Gasteiger partial charge in [-0.3, -0.25) is 0 Å². The highest BCUT2D eigenvalue weighted by Gasteiger charge is 1.92. The van der Waals surface area contributed by atoms with Gasteiger partial charge in [0.1, 0.15) is 0 Å². The number of rotatable bonds is 2. The quantitative estimate of drug-likeness (QED) is 0.477. The molecule has 40 valence electrons. The summed E-state index contributed by atoms with van der Waals surface area (Å²) in [6, 6.07) is 2.23. The zero-order valence-electron chi connectivity index (χ0n) is 4.94. The minimum absolute atomic E-state index is 0.394. The number of hydrogen-bond acceptors (Lipinski definition) is 1. The third kappa shape index (κ3) is 3.54. The van der Waals surface area contributed by atoms with Crippen LogP contribution in [0.1, 0.15) is 19.8 Å². The summed E-state index contributed by atoms with van der Waals surface area (Å²) in [6.45, 7) is 2.11. The van der Waals surface area contributed by atoms with Gasteiger partial charge in [0.25, 0.3) is 0 Å². The molecule has 1 nitrogen and oxygen atoms in total. The fourth-order valence-electron chi connectivity index (χ4n) is 0.498. The molecule has 0 aromatic rings. The Balaban J connectivity index is 3.04. The van der Waals surface area contributed by atoms with Gasteiger partial charge in [0.15, 0.2) is 0 Å². The predicted octanol–water partition coefficient (Wildman–Crippen LogP) is 0.464. The van der Waals surface area contributed by atoms with Crippen molar-refractivity contribution in [2.24, 2.45) is 0 Å². The van der Waals surface area contributed by atoms with Crippen LogP contribution in [0.3, 0.4) is 0 Å². The van der Waals surface area contributed by atoms with Crippen LogP contribution in [0, 0.1) is 11.3 Å². The van der Waals surface area contributed by atoms with Gasteiger partial charge in [-0.2, -0.15) is 5.26 Å². The molecule has 1 atom stereocenters. The number of nitrogens with zero attached hydrogens (tertiary/aromatic N) is 1. The molecule has 0 radical (unpaired) electrons. The average Bonchev–Trinajstić information content (AvgIpc) is 1.68. The lowest BCUT2D eigenvalue weighted by Crippen LogP contribution is -1.84. The summed E-state index contributed by atoms with van der Waals surface area (Å²) in [7, 11) is 1.04. The van der Waals surface area contributed by atoms with Crippen LogP contribution in [-0.4, -0.2) is 10.2 Å². The van der Waals surface area contributed by atoms with E-state index in [1.165, 1.54) is 0 Å². The smallest absolute Gasteiger partial charge is 0.0613 e. The van der Waals surface area contributed by atoms with Crippen molar-refractivity contribution in [1.29, 1.82) is 5.26 Å². The maximum atomic E-state index is 8.25. The first-order valence-corrected chi connectivity index (χ1v) is 3.86. The molecule has 0 amide bonds. The highest BCUT2D eigenvalue weighted by Crippen LogP contribution is 2.04. The Morgan fingerprint density at radius 1 is 1.86 bits per heavy atom. The lowest BCUT2D eigenvalue weighted by Gasteiger charge is -1.92. The predicted molar refractivity (Wildman–Crippen MR) is 34.2 cm³/mol. The molecule has 0 aliphatic rings. The van der Waals surface area contributed by atoms with Gasteiger partial charge < -0.3 is 0 Å². The van der Waals surface area contributed by atoms with E-state index in [-0.39, 0.29) is 0 Å². The molecule has 0 heterocycles. The molecule has 0 aromatic carbocycles.